The van der Waals surface area contributed by atoms with E-state index in [1.165, 1.54) is 0 Å². The summed E-state index contributed by atoms with van der Waals surface area (Å²) in [6.45, 7) is 0. The van der Waals surface area contributed by atoms with E-state index < -0.39 is 0 Å². The molecule has 0 aliphatic carbocycles. The Morgan fingerprint density at radius 3 is 3.05 bits per heavy atom. The molecule has 3 rings (SSSR count). The Kier molecular flexibility index (Phi) is 3.39. The van der Waals surface area contributed by atoms with Crippen LogP contribution in [0, 0.1) is 0 Å². The number of hydrogen-bond donors (Lipinski definition) is 2. The van der Waals surface area contributed by atoms with Crippen LogP contribution < -0.4 is 5.32 Å². The zero-order chi connectivity index (χ0) is 13.9. The number of carbonyl (C=O) groups excluding carboxylic acids is 1. The van der Waals surface area contributed by atoms with Crippen molar-refractivity contribution in [3.05, 3.63) is 48.4 Å². The Morgan fingerprint density at radius 2 is 2.20 bits per heavy atom. The molecule has 100 valence electrons. The second-order valence-electron chi connectivity index (χ2n) is 4.20. The largest absolute Gasteiger partial charge is 0.321 e. The average molecular weight is 284 g/mol. The van der Waals surface area contributed by atoms with Crippen molar-refractivity contribution >= 4 is 34.3 Å². The highest BCUT2D eigenvalue weighted by atomic mass is 32.2. The fourth-order valence-electron chi connectivity index (χ4n) is 1.96. The highest BCUT2D eigenvalue weighted by Crippen LogP contribution is 2.20. The molecular formula is C14H12N4OS. The normalized spacial score (nSPS) is 10.7. The molecule has 5 nitrogen and oxygen atoms in total. The van der Waals surface area contributed by atoms with Crippen LogP contribution in [0.4, 0.5) is 5.69 Å². The van der Waals surface area contributed by atoms with E-state index in [0.717, 1.165) is 15.8 Å². The summed E-state index contributed by atoms with van der Waals surface area (Å²) in [7, 11) is 0. The van der Waals surface area contributed by atoms with Gasteiger partial charge in [0.15, 0.2) is 0 Å². The van der Waals surface area contributed by atoms with Crippen molar-refractivity contribution in [1.82, 2.24) is 15.2 Å². The fourth-order valence-corrected chi connectivity index (χ4v) is 2.37. The first-order chi connectivity index (χ1) is 9.78. The first-order valence-electron chi connectivity index (χ1n) is 6.00. The Bertz CT molecular complexity index is 768. The summed E-state index contributed by atoms with van der Waals surface area (Å²) in [5, 5.41) is 10.5. The van der Waals surface area contributed by atoms with E-state index in [1.54, 1.807) is 36.4 Å². The van der Waals surface area contributed by atoms with Crippen molar-refractivity contribution in [2.24, 2.45) is 0 Å². The molecular weight excluding hydrogens is 272 g/mol. The van der Waals surface area contributed by atoms with Crippen molar-refractivity contribution in [2.45, 2.75) is 4.90 Å². The summed E-state index contributed by atoms with van der Waals surface area (Å²) in [5.41, 5.74) is 2.11. The molecule has 3 aromatic rings. The molecule has 0 radical (unpaired) electrons. The monoisotopic (exact) mass is 284 g/mol. The molecule has 0 bridgehead atoms. The van der Waals surface area contributed by atoms with Gasteiger partial charge < -0.3 is 5.32 Å². The minimum absolute atomic E-state index is 0.169. The third-order valence-electron chi connectivity index (χ3n) is 2.94. The lowest BCUT2D eigenvalue weighted by atomic mass is 10.1. The number of aromatic amines is 1. The van der Waals surface area contributed by atoms with Crippen LogP contribution in [0.5, 0.6) is 0 Å². The summed E-state index contributed by atoms with van der Waals surface area (Å²) in [6, 6.07) is 7.38. The van der Waals surface area contributed by atoms with Gasteiger partial charge in [-0.25, -0.2) is 0 Å². The number of pyridine rings is 1. The Balaban J connectivity index is 1.91. The van der Waals surface area contributed by atoms with Gasteiger partial charge in [0.25, 0.3) is 5.91 Å². The molecule has 0 aliphatic rings. The predicted molar refractivity (Wildman–Crippen MR) is 80.1 cm³/mol. The van der Waals surface area contributed by atoms with Gasteiger partial charge in [0.1, 0.15) is 0 Å². The molecule has 20 heavy (non-hydrogen) atoms. The first-order valence-corrected chi connectivity index (χ1v) is 7.23. The number of thioether (sulfide) groups is 1. The molecule has 2 heterocycles. The van der Waals surface area contributed by atoms with E-state index in [0.29, 0.717) is 11.3 Å². The molecule has 0 unspecified atom stereocenters. The van der Waals surface area contributed by atoms with Crippen molar-refractivity contribution < 1.29 is 4.79 Å². The van der Waals surface area contributed by atoms with Crippen molar-refractivity contribution in [1.29, 1.82) is 0 Å². The smallest absolute Gasteiger partial charge is 0.256 e. The molecule has 6 heteroatoms. The lowest BCUT2D eigenvalue weighted by Crippen LogP contribution is -2.12. The maximum absolute atomic E-state index is 12.3. The van der Waals surface area contributed by atoms with Gasteiger partial charge in [-0.3, -0.25) is 14.9 Å². The second kappa shape index (κ2) is 5.34. The molecule has 2 N–H and O–H groups in total. The number of nitrogens with zero attached hydrogens (tertiary/aromatic N) is 2. The van der Waals surface area contributed by atoms with Crippen LogP contribution in [0.1, 0.15) is 10.4 Å². The average Bonchev–Trinajstić information content (AvgIpc) is 2.95. The highest BCUT2D eigenvalue weighted by molar-refractivity contribution is 7.98. The molecule has 0 aliphatic heterocycles. The van der Waals surface area contributed by atoms with Gasteiger partial charge in [0.2, 0.25) is 0 Å². The molecule has 0 fully saturated rings. The third-order valence-corrected chi connectivity index (χ3v) is 3.63. The van der Waals surface area contributed by atoms with Gasteiger partial charge in [-0.05, 0) is 24.5 Å². The Labute approximate surface area is 119 Å². The number of carbonyl (C=O) groups is 1. The van der Waals surface area contributed by atoms with Gasteiger partial charge in [-0.2, -0.15) is 5.10 Å². The number of hydrogen-bond acceptors (Lipinski definition) is 4. The number of H-pyrrole nitrogens is 1. The lowest BCUT2D eigenvalue weighted by molar-refractivity contribution is 0.102. The summed E-state index contributed by atoms with van der Waals surface area (Å²) in [6.07, 6.45) is 7.01. The Hall–Kier alpha value is -2.34. The van der Waals surface area contributed by atoms with E-state index in [9.17, 15) is 4.79 Å². The molecule has 0 saturated carbocycles. The predicted octanol–water partition coefficient (Wildman–Crippen LogP) is 2.93. The quantitative estimate of drug-likeness (QED) is 0.725. The number of aromatic nitrogens is 3. The number of amides is 1. The molecule has 0 atom stereocenters. The number of fused-ring (bicyclic) bond motifs is 1. The van der Waals surface area contributed by atoms with Crippen LogP contribution in [-0.4, -0.2) is 27.3 Å². The molecule has 0 spiro atoms. The van der Waals surface area contributed by atoms with Crippen LogP contribution in [0.2, 0.25) is 0 Å². The fraction of sp³-hybridized carbons (Fsp3) is 0.0714. The molecule has 1 aromatic carbocycles. The van der Waals surface area contributed by atoms with Crippen molar-refractivity contribution in [2.75, 3.05) is 11.6 Å². The van der Waals surface area contributed by atoms with Gasteiger partial charge in [0, 0.05) is 16.5 Å². The zero-order valence-electron chi connectivity index (χ0n) is 10.8. The summed E-state index contributed by atoms with van der Waals surface area (Å²) in [4.78, 5) is 17.4. The van der Waals surface area contributed by atoms with E-state index in [2.05, 4.69) is 20.5 Å². The molecule has 0 saturated heterocycles. The van der Waals surface area contributed by atoms with Gasteiger partial charge in [0.05, 0.1) is 29.2 Å². The van der Waals surface area contributed by atoms with Crippen molar-refractivity contribution in [3.8, 4) is 0 Å². The van der Waals surface area contributed by atoms with Crippen LogP contribution in [-0.2, 0) is 0 Å². The summed E-state index contributed by atoms with van der Waals surface area (Å²) < 4.78 is 0. The van der Waals surface area contributed by atoms with E-state index >= 15 is 0 Å². The number of rotatable bonds is 3. The number of benzene rings is 1. The maximum Gasteiger partial charge on any atom is 0.256 e. The lowest BCUT2D eigenvalue weighted by Gasteiger charge is -2.06. The molecule has 2 aromatic heterocycles. The zero-order valence-corrected chi connectivity index (χ0v) is 11.6. The van der Waals surface area contributed by atoms with Crippen molar-refractivity contribution in [3.63, 3.8) is 0 Å². The van der Waals surface area contributed by atoms with Crippen LogP contribution in [0.25, 0.3) is 10.9 Å². The summed E-state index contributed by atoms with van der Waals surface area (Å²) >= 11 is 1.58. The standard InChI is InChI=1S/C14H12N4OS/c1-20-10-5-9(6-15-7-10)17-14(19)11-3-2-4-13-12(11)8-16-18-13/h2-8H,1H3,(H,16,18)(H,17,19). The number of nitrogens with one attached hydrogen (secondary N) is 2. The number of anilines is 1. The van der Waals surface area contributed by atoms with Gasteiger partial charge in [-0.1, -0.05) is 6.07 Å². The van der Waals surface area contributed by atoms with Gasteiger partial charge in [-0.15, -0.1) is 11.8 Å². The maximum atomic E-state index is 12.3. The highest BCUT2D eigenvalue weighted by Gasteiger charge is 2.11. The minimum Gasteiger partial charge on any atom is -0.321 e. The SMILES string of the molecule is CSc1cncc(NC(=O)c2cccc3[nH]ncc23)c1. The van der Waals surface area contributed by atoms with Crippen LogP contribution in [0.15, 0.2) is 47.8 Å². The second-order valence-corrected chi connectivity index (χ2v) is 5.08. The summed E-state index contributed by atoms with van der Waals surface area (Å²) in [5.74, 6) is -0.169. The first kappa shape index (κ1) is 12.7. The molecule has 1 amide bonds. The van der Waals surface area contributed by atoms with Crippen LogP contribution in [0.3, 0.4) is 0 Å². The van der Waals surface area contributed by atoms with Gasteiger partial charge >= 0.3 is 0 Å². The van der Waals surface area contributed by atoms with Crippen LogP contribution >= 0.6 is 11.8 Å². The Morgan fingerprint density at radius 1 is 1.30 bits per heavy atom. The topological polar surface area (TPSA) is 70.7 Å². The van der Waals surface area contributed by atoms with E-state index in [1.807, 2.05) is 24.5 Å². The van der Waals surface area contributed by atoms with E-state index in [4.69, 9.17) is 0 Å². The third kappa shape index (κ3) is 2.37. The minimum atomic E-state index is -0.169. The van der Waals surface area contributed by atoms with E-state index in [-0.39, 0.29) is 5.91 Å².